The second-order valence-corrected chi connectivity index (χ2v) is 9.56. The molecule has 0 saturated carbocycles. The zero-order chi connectivity index (χ0) is 27.2. The van der Waals surface area contributed by atoms with Crippen LogP contribution in [0, 0.1) is 6.92 Å². The molecule has 38 heavy (non-hydrogen) atoms. The third-order valence-electron chi connectivity index (χ3n) is 6.33. The highest BCUT2D eigenvalue weighted by Gasteiger charge is 2.31. The minimum Gasteiger partial charge on any atom is -0.489 e. The Hall–Kier alpha value is -2.84. The number of aryl methyl sites for hydroxylation is 1. The molecule has 3 aromatic rings. The summed E-state index contributed by atoms with van der Waals surface area (Å²) in [5.74, 6) is -2.38. The number of aliphatic hydroxyl groups excluding tert-OH is 2. The van der Waals surface area contributed by atoms with Gasteiger partial charge in [-0.3, -0.25) is 0 Å². The van der Waals surface area contributed by atoms with E-state index in [0.29, 0.717) is 36.6 Å². The van der Waals surface area contributed by atoms with Crippen molar-refractivity contribution in [1.82, 2.24) is 5.32 Å². The van der Waals surface area contributed by atoms with E-state index in [4.69, 9.17) is 9.47 Å². The van der Waals surface area contributed by atoms with Gasteiger partial charge in [0.25, 0.3) is 5.92 Å². The third kappa shape index (κ3) is 9.80. The molecule has 0 amide bonds. The van der Waals surface area contributed by atoms with Crippen LogP contribution in [0.25, 0.3) is 0 Å². The van der Waals surface area contributed by atoms with E-state index in [9.17, 15) is 19.0 Å². The van der Waals surface area contributed by atoms with Crippen LogP contribution in [0.15, 0.2) is 72.8 Å². The van der Waals surface area contributed by atoms with Gasteiger partial charge >= 0.3 is 0 Å². The number of ether oxygens (including phenoxy) is 2. The number of benzene rings is 3. The number of halogens is 2. The maximum Gasteiger partial charge on any atom is 0.296 e. The molecular weight excluding hydrogens is 488 g/mol. The fourth-order valence-electron chi connectivity index (χ4n) is 4.13. The van der Waals surface area contributed by atoms with Crippen LogP contribution in [0.3, 0.4) is 0 Å². The molecule has 0 aromatic heterocycles. The summed E-state index contributed by atoms with van der Waals surface area (Å²) in [6, 6.07) is 21.5. The van der Waals surface area contributed by atoms with Crippen molar-refractivity contribution in [2.24, 2.45) is 0 Å². The number of rotatable bonds is 17. The summed E-state index contributed by atoms with van der Waals surface area (Å²) in [7, 11) is 0. The molecule has 1 atom stereocenters. The predicted octanol–water partition coefficient (Wildman–Crippen LogP) is 6.06. The summed E-state index contributed by atoms with van der Waals surface area (Å²) < 4.78 is 39.5. The summed E-state index contributed by atoms with van der Waals surface area (Å²) in [5, 5.41) is 23.5. The van der Waals surface area contributed by atoms with Crippen molar-refractivity contribution in [3.63, 3.8) is 0 Å². The van der Waals surface area contributed by atoms with Crippen molar-refractivity contribution in [3.8, 4) is 5.75 Å². The monoisotopic (exact) mass is 527 g/mol. The largest absolute Gasteiger partial charge is 0.489 e. The Bertz CT molecular complexity index is 1090. The minimum atomic E-state index is -2.98. The Kier molecular flexibility index (Phi) is 12.2. The van der Waals surface area contributed by atoms with Crippen molar-refractivity contribution in [2.45, 2.75) is 57.8 Å². The maximum atomic E-state index is 14.2. The molecule has 0 saturated heterocycles. The van der Waals surface area contributed by atoms with Gasteiger partial charge in [-0.15, -0.1) is 0 Å². The standard InChI is InChI=1S/C31H39F2NO4/c1-24-10-9-13-28(18-24)31(32,33)23-37-17-8-3-2-7-16-34-20-29(36)26-14-15-30(27(19-26)21-35)38-22-25-11-5-4-6-12-25/h4-6,9-15,18-19,29,34-36H,2-3,7-8,16-17,20-23H2,1H3. The molecule has 1 unspecified atom stereocenters. The number of aliphatic hydroxyl groups is 2. The highest BCUT2D eigenvalue weighted by Crippen LogP contribution is 2.29. The van der Waals surface area contributed by atoms with E-state index in [1.807, 2.05) is 36.4 Å². The van der Waals surface area contributed by atoms with E-state index in [0.717, 1.165) is 43.4 Å². The Labute approximate surface area is 224 Å². The first-order chi connectivity index (χ1) is 18.4. The van der Waals surface area contributed by atoms with Gasteiger partial charge in [0.15, 0.2) is 0 Å². The van der Waals surface area contributed by atoms with Crippen LogP contribution >= 0.6 is 0 Å². The van der Waals surface area contributed by atoms with E-state index in [1.54, 1.807) is 31.2 Å². The van der Waals surface area contributed by atoms with Crippen molar-refractivity contribution in [3.05, 3.63) is 101 Å². The smallest absolute Gasteiger partial charge is 0.296 e. The predicted molar refractivity (Wildman–Crippen MR) is 145 cm³/mol. The van der Waals surface area contributed by atoms with Crippen LogP contribution in [0.2, 0.25) is 0 Å². The number of hydrogen-bond donors (Lipinski definition) is 3. The van der Waals surface area contributed by atoms with Crippen LogP contribution in [0.5, 0.6) is 5.75 Å². The van der Waals surface area contributed by atoms with Crippen molar-refractivity contribution < 1.29 is 28.5 Å². The molecule has 0 aliphatic heterocycles. The molecule has 0 fully saturated rings. The van der Waals surface area contributed by atoms with E-state index in [2.05, 4.69) is 5.32 Å². The summed E-state index contributed by atoms with van der Waals surface area (Å²) in [5.41, 5.74) is 3.19. The van der Waals surface area contributed by atoms with Gasteiger partial charge in [0, 0.05) is 24.3 Å². The van der Waals surface area contributed by atoms with E-state index >= 15 is 0 Å². The molecule has 0 aliphatic carbocycles. The Balaban J connectivity index is 1.27. The first-order valence-electron chi connectivity index (χ1n) is 13.2. The van der Waals surface area contributed by atoms with Crippen molar-refractivity contribution in [2.75, 3.05) is 26.3 Å². The normalized spacial score (nSPS) is 12.4. The van der Waals surface area contributed by atoms with Crippen LogP contribution in [-0.2, 0) is 23.9 Å². The summed E-state index contributed by atoms with van der Waals surface area (Å²) in [6.45, 7) is 2.87. The fraction of sp³-hybridized carbons (Fsp3) is 0.419. The lowest BCUT2D eigenvalue weighted by atomic mass is 10.0. The van der Waals surface area contributed by atoms with Gasteiger partial charge in [0.05, 0.1) is 12.7 Å². The van der Waals surface area contributed by atoms with Crippen LogP contribution < -0.4 is 10.1 Å². The highest BCUT2D eigenvalue weighted by molar-refractivity contribution is 5.38. The zero-order valence-electron chi connectivity index (χ0n) is 22.0. The van der Waals surface area contributed by atoms with E-state index in [-0.39, 0.29) is 12.2 Å². The van der Waals surface area contributed by atoms with Crippen molar-refractivity contribution >= 4 is 0 Å². The van der Waals surface area contributed by atoms with Crippen LogP contribution in [0.1, 0.15) is 59.6 Å². The molecule has 7 heteroatoms. The molecule has 0 heterocycles. The molecular formula is C31H39F2NO4. The molecule has 3 N–H and O–H groups in total. The Morgan fingerprint density at radius 3 is 2.47 bits per heavy atom. The van der Waals surface area contributed by atoms with E-state index < -0.39 is 18.6 Å². The first kappa shape index (κ1) is 29.7. The highest BCUT2D eigenvalue weighted by atomic mass is 19.3. The second-order valence-electron chi connectivity index (χ2n) is 9.56. The lowest BCUT2D eigenvalue weighted by Crippen LogP contribution is -2.22. The molecule has 0 aliphatic rings. The van der Waals surface area contributed by atoms with Gasteiger partial charge < -0.3 is 25.0 Å². The molecule has 206 valence electrons. The summed E-state index contributed by atoms with van der Waals surface area (Å²) >= 11 is 0. The van der Waals surface area contributed by atoms with E-state index in [1.165, 1.54) is 12.1 Å². The lowest BCUT2D eigenvalue weighted by Gasteiger charge is -2.17. The lowest BCUT2D eigenvalue weighted by molar-refractivity contribution is -0.0831. The Morgan fingerprint density at radius 2 is 1.71 bits per heavy atom. The van der Waals surface area contributed by atoms with Gasteiger partial charge in [0.2, 0.25) is 0 Å². The molecule has 0 bridgehead atoms. The second kappa shape index (κ2) is 15.5. The molecule has 3 aromatic carbocycles. The van der Waals surface area contributed by atoms with Gasteiger partial charge in [-0.2, -0.15) is 8.78 Å². The summed E-state index contributed by atoms with van der Waals surface area (Å²) in [4.78, 5) is 0. The number of hydrogen-bond acceptors (Lipinski definition) is 5. The Morgan fingerprint density at radius 1 is 0.921 bits per heavy atom. The average molecular weight is 528 g/mol. The molecule has 3 rings (SSSR count). The number of alkyl halides is 2. The topological polar surface area (TPSA) is 71.0 Å². The number of nitrogens with one attached hydrogen (secondary N) is 1. The quantitative estimate of drug-likeness (QED) is 0.186. The minimum absolute atomic E-state index is 0.00863. The van der Waals surface area contributed by atoms with Gasteiger partial charge in [-0.25, -0.2) is 0 Å². The van der Waals surface area contributed by atoms with Crippen molar-refractivity contribution in [1.29, 1.82) is 0 Å². The molecule has 5 nitrogen and oxygen atoms in total. The van der Waals surface area contributed by atoms with Gasteiger partial charge in [-0.05, 0) is 49.6 Å². The van der Waals surface area contributed by atoms with Crippen LogP contribution in [0.4, 0.5) is 8.78 Å². The fourth-order valence-corrected chi connectivity index (χ4v) is 4.13. The third-order valence-corrected chi connectivity index (χ3v) is 6.33. The molecule has 0 spiro atoms. The molecule has 0 radical (unpaired) electrons. The maximum absolute atomic E-state index is 14.2. The zero-order valence-corrected chi connectivity index (χ0v) is 22.0. The summed E-state index contributed by atoms with van der Waals surface area (Å²) in [6.07, 6.45) is 2.79. The first-order valence-corrected chi connectivity index (χ1v) is 13.2. The van der Waals surface area contributed by atoms with Gasteiger partial charge in [-0.1, -0.05) is 79.1 Å². The average Bonchev–Trinajstić information content (AvgIpc) is 2.93. The van der Waals surface area contributed by atoms with Gasteiger partial charge in [0.1, 0.15) is 19.0 Å². The van der Waals surface area contributed by atoms with Crippen LogP contribution in [-0.4, -0.2) is 36.5 Å². The SMILES string of the molecule is Cc1cccc(C(F)(F)COCCCCCCNCC(O)c2ccc(OCc3ccccc3)c(CO)c2)c1. The number of unbranched alkanes of at least 4 members (excludes halogenated alkanes) is 3.